The fraction of sp³-hybridized carbons (Fsp3) is 0.800. The topological polar surface area (TPSA) is 108 Å². The quantitative estimate of drug-likeness (QED) is 0.0211. The van der Waals surface area contributed by atoms with Gasteiger partial charge in [0.15, 0.2) is 6.10 Å². The van der Waals surface area contributed by atoms with Crippen molar-refractivity contribution in [3.8, 4) is 0 Å². The summed E-state index contributed by atoms with van der Waals surface area (Å²) in [6.45, 7) is 4.34. The molecule has 10 heteroatoms. The van der Waals surface area contributed by atoms with Gasteiger partial charge in [-0.25, -0.2) is 4.57 Å². The molecule has 1 N–H and O–H groups in total. The molecular formula is C70H129NO8P+. The molecule has 2 unspecified atom stereocenters. The van der Waals surface area contributed by atoms with Gasteiger partial charge in [0.1, 0.15) is 19.8 Å². The number of carbonyl (C=O) groups excluding carboxylic acids is 2. The molecule has 80 heavy (non-hydrogen) atoms. The third kappa shape index (κ3) is 64.6. The fourth-order valence-electron chi connectivity index (χ4n) is 9.61. The predicted octanol–water partition coefficient (Wildman–Crippen LogP) is 21.6. The zero-order valence-corrected chi connectivity index (χ0v) is 54.0. The molecule has 0 spiro atoms. The van der Waals surface area contributed by atoms with Gasteiger partial charge >= 0.3 is 19.8 Å². The lowest BCUT2D eigenvalue weighted by Crippen LogP contribution is -2.37. The fourth-order valence-corrected chi connectivity index (χ4v) is 10.4. The summed E-state index contributed by atoms with van der Waals surface area (Å²) in [7, 11) is 1.47. The van der Waals surface area contributed by atoms with Crippen molar-refractivity contribution in [2.45, 2.75) is 315 Å². The van der Waals surface area contributed by atoms with E-state index < -0.39 is 26.5 Å². The second-order valence-corrected chi connectivity index (χ2v) is 25.3. The van der Waals surface area contributed by atoms with Crippen molar-refractivity contribution in [1.29, 1.82) is 0 Å². The molecule has 0 heterocycles. The monoisotopic (exact) mass is 1140 g/mol. The molecule has 0 aliphatic heterocycles. The number of carbonyl (C=O) groups is 2. The Morgan fingerprint density at radius 2 is 0.713 bits per heavy atom. The molecule has 0 aromatic rings. The molecule has 0 saturated heterocycles. The number of unbranched alkanes of at least 4 members (excludes halogenated alkanes) is 36. The summed E-state index contributed by atoms with van der Waals surface area (Å²) < 4.78 is 34.7. The summed E-state index contributed by atoms with van der Waals surface area (Å²) in [6.07, 6.45) is 81.5. The first-order chi connectivity index (χ1) is 39.0. The van der Waals surface area contributed by atoms with Gasteiger partial charge in [0.05, 0.1) is 27.7 Å². The molecule has 0 rings (SSSR count). The molecule has 0 amide bonds. The van der Waals surface area contributed by atoms with Crippen LogP contribution in [0.15, 0.2) is 72.9 Å². The molecule has 0 aromatic carbocycles. The Labute approximate surface area is 495 Å². The number of ether oxygens (including phenoxy) is 2. The average Bonchev–Trinajstić information content (AvgIpc) is 3.42. The number of quaternary nitrogens is 1. The number of rotatable bonds is 62. The van der Waals surface area contributed by atoms with Crippen molar-refractivity contribution in [1.82, 2.24) is 0 Å². The number of esters is 2. The third-order valence-electron chi connectivity index (χ3n) is 14.8. The Bertz CT molecular complexity index is 1580. The van der Waals surface area contributed by atoms with Crippen LogP contribution >= 0.6 is 7.82 Å². The Morgan fingerprint density at radius 3 is 1.06 bits per heavy atom. The number of phosphoric acid groups is 1. The van der Waals surface area contributed by atoms with Crippen LogP contribution in [0.5, 0.6) is 0 Å². The van der Waals surface area contributed by atoms with Crippen LogP contribution in [-0.2, 0) is 32.7 Å². The van der Waals surface area contributed by atoms with E-state index in [-0.39, 0.29) is 32.0 Å². The van der Waals surface area contributed by atoms with Crippen molar-refractivity contribution in [3.63, 3.8) is 0 Å². The first-order valence-electron chi connectivity index (χ1n) is 33.7. The minimum absolute atomic E-state index is 0.0267. The lowest BCUT2D eigenvalue weighted by Gasteiger charge is -2.24. The summed E-state index contributed by atoms with van der Waals surface area (Å²) in [5.41, 5.74) is 0. The maximum absolute atomic E-state index is 12.8. The van der Waals surface area contributed by atoms with E-state index in [9.17, 15) is 19.0 Å². The molecule has 0 aliphatic rings. The zero-order chi connectivity index (χ0) is 58.4. The first-order valence-corrected chi connectivity index (χ1v) is 35.2. The van der Waals surface area contributed by atoms with Gasteiger partial charge in [-0.3, -0.25) is 18.6 Å². The molecule has 0 saturated carbocycles. The van der Waals surface area contributed by atoms with Crippen LogP contribution in [0.1, 0.15) is 309 Å². The molecule has 0 aliphatic carbocycles. The smallest absolute Gasteiger partial charge is 0.462 e. The van der Waals surface area contributed by atoms with Crippen molar-refractivity contribution < 1.29 is 42.1 Å². The predicted molar refractivity (Wildman–Crippen MR) is 344 cm³/mol. The van der Waals surface area contributed by atoms with Gasteiger partial charge in [0.25, 0.3) is 0 Å². The van der Waals surface area contributed by atoms with Crippen LogP contribution in [0.3, 0.4) is 0 Å². The summed E-state index contributed by atoms with van der Waals surface area (Å²) in [5, 5.41) is 0. The van der Waals surface area contributed by atoms with E-state index in [2.05, 4.69) is 86.8 Å². The second-order valence-electron chi connectivity index (χ2n) is 23.8. The highest BCUT2D eigenvalue weighted by Gasteiger charge is 2.27. The van der Waals surface area contributed by atoms with Gasteiger partial charge in [-0.15, -0.1) is 0 Å². The zero-order valence-electron chi connectivity index (χ0n) is 53.1. The molecule has 2 atom stereocenters. The first kappa shape index (κ1) is 77.5. The maximum Gasteiger partial charge on any atom is 0.472 e. The summed E-state index contributed by atoms with van der Waals surface area (Å²) in [5.74, 6) is -0.805. The van der Waals surface area contributed by atoms with Crippen molar-refractivity contribution >= 4 is 19.8 Å². The lowest BCUT2D eigenvalue weighted by molar-refractivity contribution is -0.870. The van der Waals surface area contributed by atoms with E-state index >= 15 is 0 Å². The van der Waals surface area contributed by atoms with E-state index in [1.54, 1.807) is 0 Å². The van der Waals surface area contributed by atoms with Gasteiger partial charge in [-0.2, -0.15) is 0 Å². The molecular weight excluding hydrogens is 1010 g/mol. The lowest BCUT2D eigenvalue weighted by atomic mass is 10.0. The van der Waals surface area contributed by atoms with Crippen LogP contribution in [0, 0.1) is 0 Å². The van der Waals surface area contributed by atoms with Crippen molar-refractivity contribution in [2.75, 3.05) is 47.5 Å². The van der Waals surface area contributed by atoms with Crippen molar-refractivity contribution in [2.24, 2.45) is 0 Å². The van der Waals surface area contributed by atoms with Gasteiger partial charge < -0.3 is 18.9 Å². The second kappa shape index (κ2) is 61.0. The third-order valence-corrected chi connectivity index (χ3v) is 15.7. The molecule has 0 aromatic heterocycles. The molecule has 0 radical (unpaired) electrons. The minimum Gasteiger partial charge on any atom is -0.462 e. The SMILES string of the molecule is CC/C=C\C/C=C\C/C=C\C/C=C\C/C=C\C/C=C\CCCCCCCCC(=O)OC(COC(=O)CCCCCCCCCCCCCCCCCCCCCCCCCCCCCCCCC)COP(=O)(O)OCC[N+](C)(C)C. The number of allylic oxidation sites excluding steroid dienone is 12. The summed E-state index contributed by atoms with van der Waals surface area (Å²) in [4.78, 5) is 35.8. The number of nitrogens with zero attached hydrogens (tertiary/aromatic N) is 1. The average molecular weight is 1140 g/mol. The summed E-state index contributed by atoms with van der Waals surface area (Å²) >= 11 is 0. The summed E-state index contributed by atoms with van der Waals surface area (Å²) in [6, 6.07) is 0. The van der Waals surface area contributed by atoms with E-state index in [1.165, 1.54) is 180 Å². The molecule has 0 bridgehead atoms. The van der Waals surface area contributed by atoms with E-state index in [0.29, 0.717) is 17.4 Å². The Kier molecular flexibility index (Phi) is 59.1. The number of likely N-dealkylation sites (N-methyl/N-ethyl adjacent to an activating group) is 1. The van der Waals surface area contributed by atoms with Crippen LogP contribution in [0.25, 0.3) is 0 Å². The molecule has 9 nitrogen and oxygen atoms in total. The highest BCUT2D eigenvalue weighted by atomic mass is 31.2. The van der Waals surface area contributed by atoms with Crippen molar-refractivity contribution in [3.05, 3.63) is 72.9 Å². The Balaban J connectivity index is 4.06. The molecule has 0 fully saturated rings. The number of hydrogen-bond donors (Lipinski definition) is 1. The Hall–Kier alpha value is -2.55. The van der Waals surface area contributed by atoms with Crippen LogP contribution in [0.4, 0.5) is 0 Å². The van der Waals surface area contributed by atoms with Gasteiger partial charge in [-0.1, -0.05) is 305 Å². The van der Waals surface area contributed by atoms with E-state index in [4.69, 9.17) is 18.5 Å². The standard InChI is InChI=1S/C70H128NO8P/c1-6-8-10-12-14-16-18-20-22-24-26-28-30-32-33-34-35-36-37-39-40-42-44-46-48-50-52-54-56-58-60-62-69(72)76-66-68(67-78-80(74,75)77-65-64-71(3,4)5)79-70(73)63-61-59-57-55-53-51-49-47-45-43-41-38-31-29-27-25-23-21-19-17-15-13-11-9-7-2/h9,11,15,17,21,23,27,29,38,41,45,47,68H,6-8,10,12-14,16,18-20,22,24-26,28,30-37,39-40,42-44,46,48-67H2,1-5H3/p+1/b11-9-,17-15-,23-21-,29-27-,41-38-,47-45-. The van der Waals surface area contributed by atoms with E-state index in [0.717, 1.165) is 96.3 Å². The number of hydrogen-bond acceptors (Lipinski definition) is 7. The minimum atomic E-state index is -4.40. The van der Waals surface area contributed by atoms with Gasteiger partial charge in [-0.05, 0) is 64.2 Å². The highest BCUT2D eigenvalue weighted by molar-refractivity contribution is 7.47. The van der Waals surface area contributed by atoms with Crippen LogP contribution in [0.2, 0.25) is 0 Å². The largest absolute Gasteiger partial charge is 0.472 e. The molecule has 466 valence electrons. The number of phosphoric ester groups is 1. The van der Waals surface area contributed by atoms with Crippen LogP contribution < -0.4 is 0 Å². The highest BCUT2D eigenvalue weighted by Crippen LogP contribution is 2.43. The van der Waals surface area contributed by atoms with Crippen LogP contribution in [-0.4, -0.2) is 74.9 Å². The van der Waals surface area contributed by atoms with Gasteiger partial charge in [0, 0.05) is 12.8 Å². The van der Waals surface area contributed by atoms with E-state index in [1.807, 2.05) is 21.1 Å². The maximum atomic E-state index is 12.8. The normalized spacial score (nSPS) is 13.6. The van der Waals surface area contributed by atoms with Gasteiger partial charge in [0.2, 0.25) is 0 Å². The Morgan fingerprint density at radius 1 is 0.400 bits per heavy atom.